The highest BCUT2D eigenvalue weighted by molar-refractivity contribution is 7.09. The predicted octanol–water partition coefficient (Wildman–Crippen LogP) is 3.36. The molecule has 1 aliphatic rings. The van der Waals surface area contributed by atoms with Crippen LogP contribution in [0.1, 0.15) is 52.4 Å². The van der Waals surface area contributed by atoms with Gasteiger partial charge in [0.15, 0.2) is 6.10 Å². The van der Waals surface area contributed by atoms with Crippen molar-refractivity contribution in [3.05, 3.63) is 45.4 Å². The third-order valence-corrected chi connectivity index (χ3v) is 5.16. The van der Waals surface area contributed by atoms with Crippen LogP contribution in [0.5, 0.6) is 0 Å². The molecule has 5 nitrogen and oxygen atoms in total. The van der Waals surface area contributed by atoms with E-state index in [1.807, 2.05) is 37.4 Å². The summed E-state index contributed by atoms with van der Waals surface area (Å²) < 4.78 is 7.55. The summed E-state index contributed by atoms with van der Waals surface area (Å²) in [6.07, 6.45) is 1.50. The number of ether oxygens (including phenoxy) is 1. The van der Waals surface area contributed by atoms with Gasteiger partial charge in [0.2, 0.25) is 0 Å². The Morgan fingerprint density at radius 3 is 2.79 bits per heavy atom. The van der Waals surface area contributed by atoms with Crippen molar-refractivity contribution in [3.63, 3.8) is 0 Å². The summed E-state index contributed by atoms with van der Waals surface area (Å²) in [6, 6.07) is 6.25. The van der Waals surface area contributed by atoms with Gasteiger partial charge >= 0.3 is 5.97 Å². The predicted molar refractivity (Wildman–Crippen MR) is 93.2 cm³/mol. The molecule has 1 saturated carbocycles. The van der Waals surface area contributed by atoms with Crippen molar-refractivity contribution in [2.45, 2.75) is 52.3 Å². The van der Waals surface area contributed by atoms with Gasteiger partial charge in [-0.15, -0.1) is 11.3 Å². The lowest BCUT2D eigenvalue weighted by molar-refractivity contribution is -0.129. The quantitative estimate of drug-likeness (QED) is 0.816. The van der Waals surface area contributed by atoms with E-state index in [-0.39, 0.29) is 5.91 Å². The normalized spacial score (nSPS) is 15.1. The number of carbonyl (C=O) groups is 2. The van der Waals surface area contributed by atoms with Gasteiger partial charge in [0.05, 0.1) is 12.1 Å². The Kier molecular flexibility index (Phi) is 4.76. The maximum Gasteiger partial charge on any atom is 0.340 e. The maximum absolute atomic E-state index is 12.4. The highest BCUT2D eigenvalue weighted by atomic mass is 32.1. The number of esters is 1. The number of hydrogen-bond acceptors (Lipinski definition) is 4. The van der Waals surface area contributed by atoms with E-state index in [0.717, 1.165) is 29.1 Å². The van der Waals surface area contributed by atoms with Gasteiger partial charge in [-0.05, 0) is 51.1 Å². The zero-order valence-electron chi connectivity index (χ0n) is 14.2. The van der Waals surface area contributed by atoms with Gasteiger partial charge in [0.1, 0.15) is 0 Å². The molecule has 1 amide bonds. The molecule has 0 spiro atoms. The first kappa shape index (κ1) is 16.8. The number of thiophene rings is 1. The number of aromatic nitrogens is 1. The second-order valence-corrected chi connectivity index (χ2v) is 7.26. The van der Waals surface area contributed by atoms with Gasteiger partial charge in [-0.3, -0.25) is 4.79 Å². The number of nitrogens with one attached hydrogen (secondary N) is 1. The van der Waals surface area contributed by atoms with Crippen molar-refractivity contribution in [1.29, 1.82) is 0 Å². The summed E-state index contributed by atoms with van der Waals surface area (Å²) in [5.74, 6) is -0.721. The highest BCUT2D eigenvalue weighted by Crippen LogP contribution is 2.38. The molecule has 0 aromatic carbocycles. The van der Waals surface area contributed by atoms with Crippen LogP contribution < -0.4 is 5.32 Å². The van der Waals surface area contributed by atoms with Gasteiger partial charge in [-0.1, -0.05) is 6.07 Å². The van der Waals surface area contributed by atoms with Crippen LogP contribution in [0.4, 0.5) is 0 Å². The first-order valence-electron chi connectivity index (χ1n) is 8.17. The van der Waals surface area contributed by atoms with Gasteiger partial charge in [0.25, 0.3) is 5.91 Å². The number of amides is 1. The first-order valence-corrected chi connectivity index (χ1v) is 9.05. The van der Waals surface area contributed by atoms with Crippen LogP contribution in [-0.4, -0.2) is 22.5 Å². The molecular formula is C18H22N2O3S. The van der Waals surface area contributed by atoms with E-state index in [0.29, 0.717) is 18.2 Å². The van der Waals surface area contributed by atoms with Crippen molar-refractivity contribution in [2.75, 3.05) is 0 Å². The minimum absolute atomic E-state index is 0.284. The fraction of sp³-hybridized carbons (Fsp3) is 0.444. The van der Waals surface area contributed by atoms with E-state index in [2.05, 4.69) is 9.88 Å². The number of aryl methyl sites for hydroxylation is 1. The lowest BCUT2D eigenvalue weighted by Gasteiger charge is -2.13. The molecule has 0 aliphatic heterocycles. The zero-order valence-corrected chi connectivity index (χ0v) is 15.0. The fourth-order valence-electron chi connectivity index (χ4n) is 2.89. The molecule has 3 rings (SSSR count). The van der Waals surface area contributed by atoms with E-state index >= 15 is 0 Å². The van der Waals surface area contributed by atoms with Crippen molar-refractivity contribution >= 4 is 23.2 Å². The Hall–Kier alpha value is -2.08. The second-order valence-electron chi connectivity index (χ2n) is 6.23. The fourth-order valence-corrected chi connectivity index (χ4v) is 3.53. The molecule has 6 heteroatoms. The van der Waals surface area contributed by atoms with Crippen molar-refractivity contribution < 1.29 is 14.3 Å². The molecule has 24 heavy (non-hydrogen) atoms. The highest BCUT2D eigenvalue weighted by Gasteiger charge is 2.29. The largest absolute Gasteiger partial charge is 0.449 e. The van der Waals surface area contributed by atoms with Crippen LogP contribution in [-0.2, 0) is 16.1 Å². The summed E-state index contributed by atoms with van der Waals surface area (Å²) in [5.41, 5.74) is 2.54. The molecular weight excluding hydrogens is 324 g/mol. The van der Waals surface area contributed by atoms with Crippen LogP contribution >= 0.6 is 11.3 Å². The van der Waals surface area contributed by atoms with E-state index in [1.165, 1.54) is 0 Å². The molecule has 0 radical (unpaired) electrons. The standard InChI is InChI=1S/C18H22N2O3S/c1-11-9-16(12(2)20(11)14-6-7-14)18(22)23-13(3)17(21)19-10-15-5-4-8-24-15/h4-5,8-9,13-14H,6-7,10H2,1-3H3,(H,19,21)/t13-/m0/s1. The molecule has 2 aromatic rings. The molecule has 1 fully saturated rings. The molecule has 1 aliphatic carbocycles. The second kappa shape index (κ2) is 6.81. The van der Waals surface area contributed by atoms with Gasteiger partial charge in [0, 0.05) is 22.3 Å². The molecule has 1 atom stereocenters. The van der Waals surface area contributed by atoms with Crippen molar-refractivity contribution in [2.24, 2.45) is 0 Å². The third-order valence-electron chi connectivity index (χ3n) is 4.29. The molecule has 1 N–H and O–H groups in total. The summed E-state index contributed by atoms with van der Waals surface area (Å²) in [7, 11) is 0. The summed E-state index contributed by atoms with van der Waals surface area (Å²) >= 11 is 1.58. The monoisotopic (exact) mass is 346 g/mol. The van der Waals surface area contributed by atoms with Crippen LogP contribution in [0.15, 0.2) is 23.6 Å². The van der Waals surface area contributed by atoms with E-state index in [9.17, 15) is 9.59 Å². The molecule has 2 heterocycles. The molecule has 0 saturated heterocycles. The van der Waals surface area contributed by atoms with Crippen LogP contribution in [0.3, 0.4) is 0 Å². The Bertz CT molecular complexity index is 745. The van der Waals surface area contributed by atoms with Crippen molar-refractivity contribution in [3.8, 4) is 0 Å². The van der Waals surface area contributed by atoms with Crippen LogP contribution in [0.2, 0.25) is 0 Å². The molecule has 0 bridgehead atoms. The topological polar surface area (TPSA) is 60.3 Å². The Balaban J connectivity index is 1.59. The Labute approximate surface area is 145 Å². The summed E-state index contributed by atoms with van der Waals surface area (Å²) in [4.78, 5) is 25.6. The third kappa shape index (κ3) is 3.53. The average molecular weight is 346 g/mol. The Morgan fingerprint density at radius 2 is 2.17 bits per heavy atom. The van der Waals surface area contributed by atoms with Crippen LogP contribution in [0, 0.1) is 13.8 Å². The van der Waals surface area contributed by atoms with Gasteiger partial charge in [-0.25, -0.2) is 4.79 Å². The molecule has 2 aromatic heterocycles. The van der Waals surface area contributed by atoms with Crippen molar-refractivity contribution in [1.82, 2.24) is 9.88 Å². The Morgan fingerprint density at radius 1 is 1.42 bits per heavy atom. The summed E-state index contributed by atoms with van der Waals surface area (Å²) in [6.45, 7) is 5.99. The first-order chi connectivity index (χ1) is 11.5. The number of carbonyl (C=O) groups excluding carboxylic acids is 2. The molecule has 0 unspecified atom stereocenters. The number of nitrogens with zero attached hydrogens (tertiary/aromatic N) is 1. The summed E-state index contributed by atoms with van der Waals surface area (Å²) in [5, 5.41) is 4.75. The SMILES string of the molecule is Cc1cc(C(=O)O[C@@H](C)C(=O)NCc2cccs2)c(C)n1C1CC1. The van der Waals surface area contributed by atoms with E-state index in [4.69, 9.17) is 4.74 Å². The zero-order chi connectivity index (χ0) is 17.3. The van der Waals surface area contributed by atoms with Gasteiger partial charge in [-0.2, -0.15) is 0 Å². The van der Waals surface area contributed by atoms with E-state index in [1.54, 1.807) is 18.3 Å². The molecule has 128 valence electrons. The van der Waals surface area contributed by atoms with Gasteiger partial charge < -0.3 is 14.6 Å². The minimum Gasteiger partial charge on any atom is -0.449 e. The number of rotatable bonds is 6. The van der Waals surface area contributed by atoms with E-state index < -0.39 is 12.1 Å². The number of hydrogen-bond donors (Lipinski definition) is 1. The maximum atomic E-state index is 12.4. The minimum atomic E-state index is -0.818. The lowest BCUT2D eigenvalue weighted by atomic mass is 10.2. The van der Waals surface area contributed by atoms with Crippen LogP contribution in [0.25, 0.3) is 0 Å². The average Bonchev–Trinajstić information content (AvgIpc) is 3.14. The smallest absolute Gasteiger partial charge is 0.340 e. The lowest BCUT2D eigenvalue weighted by Crippen LogP contribution is -2.35.